The first-order valence-electron chi connectivity index (χ1n) is 11.0. The lowest BCUT2D eigenvalue weighted by atomic mass is 9.90. The van der Waals surface area contributed by atoms with Crippen LogP contribution >= 0.6 is 50.7 Å². The largest absolute Gasteiger partial charge is 0.454 e. The Morgan fingerprint density at radius 1 is 0.975 bits per heavy atom. The number of amides is 2. The molecule has 0 aliphatic heterocycles. The number of halogens is 12. The molecule has 0 aromatic heterocycles. The van der Waals surface area contributed by atoms with Gasteiger partial charge in [0.15, 0.2) is 0 Å². The highest BCUT2D eigenvalue weighted by atomic mass is 79.9. The number of benzene rings is 2. The first kappa shape index (κ1) is 32.4. The van der Waals surface area contributed by atoms with E-state index in [1.54, 1.807) is 5.32 Å². The number of carbonyl (C=O) groups excluding carboxylic acids is 2. The highest BCUT2D eigenvalue weighted by Crippen LogP contribution is 2.48. The van der Waals surface area contributed by atoms with Crippen LogP contribution in [0.4, 0.5) is 35.1 Å². The molecule has 0 spiro atoms. The summed E-state index contributed by atoms with van der Waals surface area (Å²) in [5.74, 6) is -9.64. The molecule has 2 N–H and O–H groups in total. The minimum absolute atomic E-state index is 0.0652. The Kier molecular flexibility index (Phi) is 9.45. The zero-order chi connectivity index (χ0) is 30.3. The number of alkyl halides is 8. The number of nitrogens with one attached hydrogen (secondary N) is 2. The highest BCUT2D eigenvalue weighted by molar-refractivity contribution is 9.10. The zero-order valence-corrected chi connectivity index (χ0v) is 23.4. The predicted octanol–water partition coefficient (Wildman–Crippen LogP) is 8.34. The molecular formula is C24H16BrCl3F8N2O2. The lowest BCUT2D eigenvalue weighted by Gasteiger charge is -2.27. The van der Waals surface area contributed by atoms with Gasteiger partial charge in [-0.05, 0) is 64.2 Å². The van der Waals surface area contributed by atoms with Crippen LogP contribution in [0, 0.1) is 0 Å². The van der Waals surface area contributed by atoms with Gasteiger partial charge in [-0.3, -0.25) is 9.59 Å². The number of hydrogen-bond acceptors (Lipinski definition) is 2. The molecule has 0 saturated heterocycles. The van der Waals surface area contributed by atoms with Gasteiger partial charge in [0.2, 0.25) is 5.91 Å². The fourth-order valence-electron chi connectivity index (χ4n) is 3.57. The van der Waals surface area contributed by atoms with Crippen molar-refractivity contribution in [2.45, 2.75) is 42.6 Å². The van der Waals surface area contributed by atoms with Crippen molar-refractivity contribution >= 4 is 68.6 Å². The van der Waals surface area contributed by atoms with E-state index in [-0.39, 0.29) is 43.5 Å². The quantitative estimate of drug-likeness (QED) is 0.215. The molecule has 1 atom stereocenters. The second kappa shape index (κ2) is 11.7. The van der Waals surface area contributed by atoms with E-state index in [1.807, 2.05) is 0 Å². The van der Waals surface area contributed by atoms with Crippen molar-refractivity contribution in [3.8, 4) is 0 Å². The fraction of sp³-hybridized carbons (Fsp3) is 0.333. The molecule has 4 nitrogen and oxygen atoms in total. The van der Waals surface area contributed by atoms with Gasteiger partial charge in [0.25, 0.3) is 5.91 Å². The summed E-state index contributed by atoms with van der Waals surface area (Å²) in [6, 6.07) is 5.33. The summed E-state index contributed by atoms with van der Waals surface area (Å²) < 4.78 is 106. The maximum Gasteiger partial charge on any atom is 0.454 e. The van der Waals surface area contributed by atoms with Crippen molar-refractivity contribution in [2.24, 2.45) is 0 Å². The topological polar surface area (TPSA) is 58.2 Å². The van der Waals surface area contributed by atoms with Gasteiger partial charge in [0.05, 0.1) is 26.5 Å². The van der Waals surface area contributed by atoms with Crippen LogP contribution in [0.2, 0.25) is 15.1 Å². The van der Waals surface area contributed by atoms with Crippen LogP contribution in [0.1, 0.15) is 40.2 Å². The van der Waals surface area contributed by atoms with Gasteiger partial charge in [0.1, 0.15) is 12.1 Å². The summed E-state index contributed by atoms with van der Waals surface area (Å²) in [6.07, 6.45) is -8.82. The third kappa shape index (κ3) is 7.40. The van der Waals surface area contributed by atoms with E-state index in [1.165, 1.54) is 18.2 Å². The lowest BCUT2D eigenvalue weighted by Crippen LogP contribution is -2.50. The molecule has 16 heteroatoms. The molecule has 0 heterocycles. The van der Waals surface area contributed by atoms with Crippen molar-refractivity contribution in [2.75, 3.05) is 6.54 Å². The Balaban J connectivity index is 1.84. The number of hydrogen-bond donors (Lipinski definition) is 2. The van der Waals surface area contributed by atoms with Gasteiger partial charge in [-0.1, -0.05) is 53.0 Å². The molecule has 0 bridgehead atoms. The standard InChI is InChI=1S/C24H16BrCl3F8N2O2/c25-15-7-11(1-3-13(15)19(39)38-21(5-6-21)20(40)37-10-22(29,30)31)2-4-14(23(32,33)24(34,35)36)12-8-16(26)18(28)17(27)9-12/h1-4,7-9,14H,5-6,10H2,(H,37,40)(H,38,39)/b4-2+. The first-order valence-corrected chi connectivity index (χ1v) is 12.9. The van der Waals surface area contributed by atoms with Crippen molar-refractivity contribution in [1.82, 2.24) is 10.6 Å². The molecule has 40 heavy (non-hydrogen) atoms. The SMILES string of the molecule is O=C(NC1(C(=O)NCC(F)(F)F)CC1)c1ccc(/C=C/C(c2cc(Cl)c(Cl)c(Cl)c2)C(F)(F)C(F)(F)F)cc1Br. The molecule has 1 fully saturated rings. The Labute approximate surface area is 245 Å². The molecule has 1 unspecified atom stereocenters. The Bertz CT molecular complexity index is 1320. The van der Waals surface area contributed by atoms with Crippen molar-refractivity contribution < 1.29 is 44.7 Å². The van der Waals surface area contributed by atoms with Crippen LogP contribution in [0.5, 0.6) is 0 Å². The molecular weight excluding hydrogens is 687 g/mol. The van der Waals surface area contributed by atoms with E-state index in [9.17, 15) is 44.7 Å². The van der Waals surface area contributed by atoms with Crippen LogP contribution in [-0.4, -0.2) is 42.2 Å². The summed E-state index contributed by atoms with van der Waals surface area (Å²) in [4.78, 5) is 24.8. The third-order valence-electron chi connectivity index (χ3n) is 5.84. The van der Waals surface area contributed by atoms with E-state index in [0.717, 1.165) is 18.2 Å². The van der Waals surface area contributed by atoms with E-state index in [4.69, 9.17) is 34.8 Å². The lowest BCUT2D eigenvalue weighted by molar-refractivity contribution is -0.286. The molecule has 2 aromatic rings. The molecule has 2 aromatic carbocycles. The van der Waals surface area contributed by atoms with E-state index < -0.39 is 53.7 Å². The summed E-state index contributed by atoms with van der Waals surface area (Å²) in [7, 11) is 0. The first-order chi connectivity index (χ1) is 18.3. The predicted molar refractivity (Wildman–Crippen MR) is 137 cm³/mol. The second-order valence-corrected chi connectivity index (χ2v) is 10.9. The molecule has 3 rings (SSSR count). The number of rotatable bonds is 8. The van der Waals surface area contributed by atoms with Gasteiger partial charge in [-0.2, -0.15) is 35.1 Å². The van der Waals surface area contributed by atoms with Crippen molar-refractivity contribution in [3.63, 3.8) is 0 Å². The van der Waals surface area contributed by atoms with E-state index in [2.05, 4.69) is 21.2 Å². The number of carbonyl (C=O) groups is 2. The Morgan fingerprint density at radius 2 is 1.55 bits per heavy atom. The smallest absolute Gasteiger partial charge is 0.345 e. The van der Waals surface area contributed by atoms with Gasteiger partial charge >= 0.3 is 18.3 Å². The molecule has 2 amide bonds. The van der Waals surface area contributed by atoms with Gasteiger partial charge in [0, 0.05) is 4.47 Å². The maximum atomic E-state index is 14.5. The van der Waals surface area contributed by atoms with Gasteiger partial charge < -0.3 is 10.6 Å². The minimum Gasteiger partial charge on any atom is -0.345 e. The van der Waals surface area contributed by atoms with E-state index >= 15 is 0 Å². The molecule has 1 aliphatic rings. The Hall–Kier alpha value is -2.09. The summed E-state index contributed by atoms with van der Waals surface area (Å²) in [5.41, 5.74) is -2.05. The third-order valence-corrected chi connectivity index (χ3v) is 7.69. The minimum atomic E-state index is -5.94. The molecule has 1 aliphatic carbocycles. The molecule has 1 saturated carbocycles. The maximum absolute atomic E-state index is 14.5. The van der Waals surface area contributed by atoms with Gasteiger partial charge in [-0.25, -0.2) is 0 Å². The fourth-order valence-corrected chi connectivity index (χ4v) is 4.76. The summed E-state index contributed by atoms with van der Waals surface area (Å²) in [5, 5.41) is 3.20. The highest BCUT2D eigenvalue weighted by Gasteiger charge is 2.62. The summed E-state index contributed by atoms with van der Waals surface area (Å²) >= 11 is 20.6. The van der Waals surface area contributed by atoms with Crippen LogP contribution < -0.4 is 10.6 Å². The van der Waals surface area contributed by atoms with Crippen LogP contribution in [-0.2, 0) is 4.79 Å². The average Bonchev–Trinajstić information content (AvgIpc) is 3.60. The second-order valence-electron chi connectivity index (χ2n) is 8.83. The van der Waals surface area contributed by atoms with Crippen LogP contribution in [0.3, 0.4) is 0 Å². The van der Waals surface area contributed by atoms with Gasteiger partial charge in [-0.15, -0.1) is 0 Å². The molecule has 0 radical (unpaired) electrons. The number of allylic oxidation sites excluding steroid dienone is 1. The zero-order valence-electron chi connectivity index (χ0n) is 19.6. The van der Waals surface area contributed by atoms with Crippen LogP contribution in [0.15, 0.2) is 40.9 Å². The normalized spacial score (nSPS) is 16.1. The summed E-state index contributed by atoms with van der Waals surface area (Å²) in [6.45, 7) is -1.57. The molecule has 218 valence electrons. The average molecular weight is 703 g/mol. The Morgan fingerprint density at radius 3 is 2.02 bits per heavy atom. The van der Waals surface area contributed by atoms with E-state index in [0.29, 0.717) is 6.08 Å². The van der Waals surface area contributed by atoms with Crippen molar-refractivity contribution in [1.29, 1.82) is 0 Å². The van der Waals surface area contributed by atoms with Crippen molar-refractivity contribution in [3.05, 3.63) is 72.6 Å². The van der Waals surface area contributed by atoms with Crippen LogP contribution in [0.25, 0.3) is 6.08 Å². The monoisotopic (exact) mass is 700 g/mol.